The van der Waals surface area contributed by atoms with E-state index in [-0.39, 0.29) is 17.1 Å². The smallest absolute Gasteiger partial charge is 0.275 e. The number of hydrogen-bond donors (Lipinski definition) is 3. The van der Waals surface area contributed by atoms with E-state index in [2.05, 4.69) is 15.5 Å². The first-order valence-corrected chi connectivity index (χ1v) is 5.42. The number of hydrazone groups is 1. The Morgan fingerprint density at radius 3 is 2.63 bits per heavy atom. The second kappa shape index (κ2) is 5.63. The Hall–Kier alpha value is -2.89. The molecule has 0 unspecified atom stereocenters. The second-order valence-corrected chi connectivity index (χ2v) is 3.68. The molecule has 19 heavy (non-hydrogen) atoms. The topological polar surface area (TPSA) is 94.8 Å². The molecule has 0 atom stereocenters. The van der Waals surface area contributed by atoms with Crippen LogP contribution in [-0.2, 0) is 0 Å². The van der Waals surface area contributed by atoms with Crippen LogP contribution in [0, 0.1) is 0 Å². The van der Waals surface area contributed by atoms with Crippen molar-refractivity contribution in [3.8, 4) is 11.5 Å². The summed E-state index contributed by atoms with van der Waals surface area (Å²) in [4.78, 5) is 15.5. The van der Waals surface area contributed by atoms with Crippen LogP contribution in [0.4, 0.5) is 0 Å². The summed E-state index contributed by atoms with van der Waals surface area (Å²) in [6.07, 6.45) is 4.67. The summed E-state index contributed by atoms with van der Waals surface area (Å²) in [5.74, 6) is -0.992. The van der Waals surface area contributed by atoms with Gasteiger partial charge in [0.25, 0.3) is 5.91 Å². The number of amides is 1. The van der Waals surface area contributed by atoms with Crippen LogP contribution in [0.3, 0.4) is 0 Å². The molecule has 0 aliphatic heterocycles. The lowest BCUT2D eigenvalue weighted by Crippen LogP contribution is -2.17. The minimum absolute atomic E-state index is 0.0321. The minimum atomic E-state index is -0.567. The molecule has 0 fully saturated rings. The Bertz CT molecular complexity index is 612. The zero-order valence-electron chi connectivity index (χ0n) is 9.82. The van der Waals surface area contributed by atoms with E-state index in [0.29, 0.717) is 0 Å². The van der Waals surface area contributed by atoms with Gasteiger partial charge in [0.1, 0.15) is 11.5 Å². The molecule has 96 valence electrons. The van der Waals surface area contributed by atoms with E-state index in [0.717, 1.165) is 11.6 Å². The maximum absolute atomic E-state index is 11.7. The Morgan fingerprint density at radius 1 is 1.21 bits per heavy atom. The van der Waals surface area contributed by atoms with Crippen LogP contribution in [0.25, 0.3) is 0 Å². The fraction of sp³-hybridized carbons (Fsp3) is 0. The van der Waals surface area contributed by atoms with Crippen molar-refractivity contribution in [2.75, 3.05) is 0 Å². The molecular weight excluding hydrogens is 246 g/mol. The van der Waals surface area contributed by atoms with Gasteiger partial charge in [-0.05, 0) is 29.8 Å². The van der Waals surface area contributed by atoms with Crippen molar-refractivity contribution in [3.63, 3.8) is 0 Å². The zero-order chi connectivity index (χ0) is 13.7. The summed E-state index contributed by atoms with van der Waals surface area (Å²) in [6.45, 7) is 0. The van der Waals surface area contributed by atoms with Gasteiger partial charge in [-0.25, -0.2) is 5.43 Å². The van der Waals surface area contributed by atoms with Crippen molar-refractivity contribution in [2.24, 2.45) is 5.10 Å². The molecule has 1 aromatic carbocycles. The molecule has 3 N–H and O–H groups in total. The maximum atomic E-state index is 11.7. The third-order valence-electron chi connectivity index (χ3n) is 2.31. The number of benzene rings is 1. The number of hydrogen-bond acceptors (Lipinski definition) is 5. The normalized spacial score (nSPS) is 10.5. The minimum Gasteiger partial charge on any atom is -0.508 e. The van der Waals surface area contributed by atoms with Gasteiger partial charge in [0.05, 0.1) is 11.8 Å². The lowest BCUT2D eigenvalue weighted by Gasteiger charge is -2.03. The summed E-state index contributed by atoms with van der Waals surface area (Å²) in [6, 6.07) is 7.16. The predicted molar refractivity (Wildman–Crippen MR) is 69.1 cm³/mol. The SMILES string of the molecule is O=C(NN=Cc1ccncc1)c1ccc(O)cc1O. The molecule has 6 heteroatoms. The van der Waals surface area contributed by atoms with E-state index in [1.807, 2.05) is 0 Å². The van der Waals surface area contributed by atoms with Gasteiger partial charge in [-0.15, -0.1) is 0 Å². The Kier molecular flexibility index (Phi) is 3.72. The molecule has 1 aromatic heterocycles. The van der Waals surface area contributed by atoms with Crippen LogP contribution in [0.5, 0.6) is 11.5 Å². The summed E-state index contributed by atoms with van der Waals surface area (Å²) in [5, 5.41) is 22.4. The molecule has 1 heterocycles. The highest BCUT2D eigenvalue weighted by Gasteiger charge is 2.10. The number of nitrogens with zero attached hydrogens (tertiary/aromatic N) is 2. The molecule has 0 bridgehead atoms. The number of aromatic hydroxyl groups is 2. The molecule has 0 aliphatic rings. The molecule has 0 saturated heterocycles. The fourth-order valence-corrected chi connectivity index (χ4v) is 1.39. The van der Waals surface area contributed by atoms with E-state index in [9.17, 15) is 9.90 Å². The van der Waals surface area contributed by atoms with E-state index in [1.54, 1.807) is 24.5 Å². The average Bonchev–Trinajstić information content (AvgIpc) is 2.39. The van der Waals surface area contributed by atoms with Gasteiger partial charge < -0.3 is 10.2 Å². The van der Waals surface area contributed by atoms with Crippen LogP contribution in [0.15, 0.2) is 47.8 Å². The van der Waals surface area contributed by atoms with Gasteiger partial charge in [-0.1, -0.05) is 0 Å². The number of rotatable bonds is 3. The molecule has 2 aromatic rings. The predicted octanol–water partition coefficient (Wildman–Crippen LogP) is 1.26. The number of phenols is 2. The number of aromatic nitrogens is 1. The molecule has 0 spiro atoms. The van der Waals surface area contributed by atoms with E-state index < -0.39 is 5.91 Å². The summed E-state index contributed by atoms with van der Waals surface area (Å²) in [7, 11) is 0. The van der Waals surface area contributed by atoms with Gasteiger partial charge in [-0.2, -0.15) is 5.10 Å². The number of pyridine rings is 1. The standard InChI is InChI=1S/C13H11N3O3/c17-10-1-2-11(12(18)7-10)13(19)16-15-8-9-3-5-14-6-4-9/h1-8,17-18H,(H,16,19). The third kappa shape index (κ3) is 3.29. The van der Waals surface area contributed by atoms with Gasteiger partial charge in [-0.3, -0.25) is 9.78 Å². The highest BCUT2D eigenvalue weighted by atomic mass is 16.3. The fourth-order valence-electron chi connectivity index (χ4n) is 1.39. The van der Waals surface area contributed by atoms with Crippen LogP contribution < -0.4 is 5.43 Å². The molecule has 1 amide bonds. The first-order chi connectivity index (χ1) is 9.16. The largest absolute Gasteiger partial charge is 0.508 e. The highest BCUT2D eigenvalue weighted by molar-refractivity contribution is 5.97. The number of phenolic OH excluding ortho intramolecular Hbond substituents is 2. The van der Waals surface area contributed by atoms with Gasteiger partial charge in [0.2, 0.25) is 0 Å². The van der Waals surface area contributed by atoms with Crippen molar-refractivity contribution in [1.82, 2.24) is 10.4 Å². The van der Waals surface area contributed by atoms with Crippen LogP contribution in [0.2, 0.25) is 0 Å². The molecule has 0 aliphatic carbocycles. The lowest BCUT2D eigenvalue weighted by molar-refractivity contribution is 0.0952. The van der Waals surface area contributed by atoms with Crippen LogP contribution in [-0.4, -0.2) is 27.3 Å². The highest BCUT2D eigenvalue weighted by Crippen LogP contribution is 2.22. The molecule has 2 rings (SSSR count). The van der Waals surface area contributed by atoms with Crippen molar-refractivity contribution in [1.29, 1.82) is 0 Å². The third-order valence-corrected chi connectivity index (χ3v) is 2.31. The van der Waals surface area contributed by atoms with E-state index in [1.165, 1.54) is 18.3 Å². The number of carbonyl (C=O) groups is 1. The summed E-state index contributed by atoms with van der Waals surface area (Å²) >= 11 is 0. The summed E-state index contributed by atoms with van der Waals surface area (Å²) in [5.41, 5.74) is 3.09. The van der Waals surface area contributed by atoms with Crippen molar-refractivity contribution < 1.29 is 15.0 Å². The Labute approximate surface area is 109 Å². The average molecular weight is 257 g/mol. The Balaban J connectivity index is 2.04. The quantitative estimate of drug-likeness (QED) is 0.569. The first kappa shape index (κ1) is 12.6. The first-order valence-electron chi connectivity index (χ1n) is 5.42. The lowest BCUT2D eigenvalue weighted by atomic mass is 10.2. The number of nitrogens with one attached hydrogen (secondary N) is 1. The van der Waals surface area contributed by atoms with Crippen LogP contribution >= 0.6 is 0 Å². The monoisotopic (exact) mass is 257 g/mol. The second-order valence-electron chi connectivity index (χ2n) is 3.68. The summed E-state index contributed by atoms with van der Waals surface area (Å²) < 4.78 is 0. The molecule has 0 radical (unpaired) electrons. The zero-order valence-corrected chi connectivity index (χ0v) is 9.82. The van der Waals surface area contributed by atoms with Crippen LogP contribution in [0.1, 0.15) is 15.9 Å². The number of carbonyl (C=O) groups excluding carboxylic acids is 1. The van der Waals surface area contributed by atoms with Gasteiger partial charge in [0, 0.05) is 18.5 Å². The van der Waals surface area contributed by atoms with E-state index >= 15 is 0 Å². The Morgan fingerprint density at radius 2 is 1.95 bits per heavy atom. The van der Waals surface area contributed by atoms with Crippen molar-refractivity contribution in [3.05, 3.63) is 53.9 Å². The molecule has 0 saturated carbocycles. The van der Waals surface area contributed by atoms with Gasteiger partial charge >= 0.3 is 0 Å². The van der Waals surface area contributed by atoms with E-state index in [4.69, 9.17) is 5.11 Å². The maximum Gasteiger partial charge on any atom is 0.275 e. The molecule has 6 nitrogen and oxygen atoms in total. The van der Waals surface area contributed by atoms with Gasteiger partial charge in [0.15, 0.2) is 0 Å². The van der Waals surface area contributed by atoms with Crippen molar-refractivity contribution >= 4 is 12.1 Å². The van der Waals surface area contributed by atoms with Crippen molar-refractivity contribution in [2.45, 2.75) is 0 Å². The molecular formula is C13H11N3O3.